The molecule has 0 spiro atoms. The van der Waals surface area contributed by atoms with Crippen LogP contribution in [0.1, 0.15) is 18.2 Å². The third-order valence-electron chi connectivity index (χ3n) is 2.75. The highest BCUT2D eigenvalue weighted by Gasteiger charge is 2.06. The number of aliphatic hydroxyl groups is 1. The van der Waals surface area contributed by atoms with Crippen LogP contribution in [0.3, 0.4) is 0 Å². The van der Waals surface area contributed by atoms with Crippen LogP contribution in [0.5, 0.6) is 0 Å². The minimum Gasteiger partial charge on any atom is -0.390 e. The molecule has 2 aromatic rings. The molecule has 1 heterocycles. The van der Waals surface area contributed by atoms with Gasteiger partial charge < -0.3 is 5.11 Å². The van der Waals surface area contributed by atoms with Crippen LogP contribution in [-0.2, 0) is 20.1 Å². The van der Waals surface area contributed by atoms with Crippen LogP contribution in [0.4, 0.5) is 0 Å². The quantitative estimate of drug-likeness (QED) is 0.853. The summed E-state index contributed by atoms with van der Waals surface area (Å²) >= 11 is 0. The standard InChI is InChI=1S/C13H16N2O/c1-3-10-4-6-11(7-5-10)13-8-12(9-16)14-15(13)2/h4-8,16H,3,9H2,1-2H3. The number of rotatable bonds is 3. The second-order valence-electron chi connectivity index (χ2n) is 3.85. The summed E-state index contributed by atoms with van der Waals surface area (Å²) in [6, 6.07) is 10.4. The molecule has 2 rings (SSSR count). The Bertz CT molecular complexity index is 471. The maximum Gasteiger partial charge on any atom is 0.0885 e. The summed E-state index contributed by atoms with van der Waals surface area (Å²) in [5.74, 6) is 0. The van der Waals surface area contributed by atoms with E-state index < -0.39 is 0 Å². The summed E-state index contributed by atoms with van der Waals surface area (Å²) in [5, 5.41) is 13.2. The summed E-state index contributed by atoms with van der Waals surface area (Å²) in [7, 11) is 1.89. The van der Waals surface area contributed by atoms with Crippen LogP contribution >= 0.6 is 0 Å². The molecule has 0 saturated carbocycles. The average molecular weight is 216 g/mol. The Morgan fingerprint density at radius 1 is 1.25 bits per heavy atom. The fourth-order valence-corrected chi connectivity index (χ4v) is 1.79. The molecule has 1 aromatic heterocycles. The first-order valence-electron chi connectivity index (χ1n) is 5.47. The maximum atomic E-state index is 9.03. The highest BCUT2D eigenvalue weighted by Crippen LogP contribution is 2.20. The van der Waals surface area contributed by atoms with Crippen molar-refractivity contribution < 1.29 is 5.11 Å². The van der Waals surface area contributed by atoms with Gasteiger partial charge in [0.2, 0.25) is 0 Å². The van der Waals surface area contributed by atoms with Gasteiger partial charge in [0.15, 0.2) is 0 Å². The van der Waals surface area contributed by atoms with Gasteiger partial charge in [-0.05, 0) is 23.6 Å². The van der Waals surface area contributed by atoms with E-state index in [-0.39, 0.29) is 6.61 Å². The monoisotopic (exact) mass is 216 g/mol. The molecule has 0 radical (unpaired) electrons. The minimum atomic E-state index is -0.0130. The van der Waals surface area contributed by atoms with Gasteiger partial charge in [0.1, 0.15) is 0 Å². The van der Waals surface area contributed by atoms with Crippen molar-refractivity contribution in [2.75, 3.05) is 0 Å². The largest absolute Gasteiger partial charge is 0.390 e. The van der Waals surface area contributed by atoms with Crippen molar-refractivity contribution in [1.82, 2.24) is 9.78 Å². The Labute approximate surface area is 95.3 Å². The summed E-state index contributed by atoms with van der Waals surface area (Å²) in [6.07, 6.45) is 1.05. The smallest absolute Gasteiger partial charge is 0.0885 e. The molecule has 0 atom stereocenters. The lowest BCUT2D eigenvalue weighted by Gasteiger charge is -2.02. The molecule has 0 aliphatic rings. The summed E-state index contributed by atoms with van der Waals surface area (Å²) in [4.78, 5) is 0. The van der Waals surface area contributed by atoms with Crippen molar-refractivity contribution in [2.24, 2.45) is 7.05 Å². The van der Waals surface area contributed by atoms with E-state index >= 15 is 0 Å². The number of nitrogens with zero attached hydrogens (tertiary/aromatic N) is 2. The average Bonchev–Trinajstić information content (AvgIpc) is 2.71. The van der Waals surface area contributed by atoms with Gasteiger partial charge in [0, 0.05) is 7.05 Å². The van der Waals surface area contributed by atoms with Gasteiger partial charge in [-0.2, -0.15) is 5.10 Å². The number of aromatic nitrogens is 2. The van der Waals surface area contributed by atoms with E-state index in [4.69, 9.17) is 5.11 Å². The van der Waals surface area contributed by atoms with Crippen LogP contribution in [0.25, 0.3) is 11.3 Å². The zero-order valence-corrected chi connectivity index (χ0v) is 9.64. The number of hydrogen-bond donors (Lipinski definition) is 1. The highest BCUT2D eigenvalue weighted by molar-refractivity contribution is 5.60. The van der Waals surface area contributed by atoms with Gasteiger partial charge in [0.25, 0.3) is 0 Å². The Hall–Kier alpha value is -1.61. The first-order valence-corrected chi connectivity index (χ1v) is 5.47. The lowest BCUT2D eigenvalue weighted by molar-refractivity contribution is 0.275. The molecule has 0 aliphatic heterocycles. The SMILES string of the molecule is CCc1ccc(-c2cc(CO)nn2C)cc1. The van der Waals surface area contributed by atoms with Gasteiger partial charge >= 0.3 is 0 Å². The minimum absolute atomic E-state index is 0.0130. The van der Waals surface area contributed by atoms with Gasteiger partial charge in [-0.15, -0.1) is 0 Å². The molecule has 1 N–H and O–H groups in total. The van der Waals surface area contributed by atoms with Gasteiger partial charge in [-0.25, -0.2) is 0 Å². The third kappa shape index (κ3) is 1.99. The van der Waals surface area contributed by atoms with E-state index in [9.17, 15) is 0 Å². The van der Waals surface area contributed by atoms with Gasteiger partial charge in [-0.3, -0.25) is 4.68 Å². The number of benzene rings is 1. The number of aryl methyl sites for hydroxylation is 2. The molecular weight excluding hydrogens is 200 g/mol. The predicted octanol–water partition coefficient (Wildman–Crippen LogP) is 2.14. The van der Waals surface area contributed by atoms with Crippen molar-refractivity contribution in [3.63, 3.8) is 0 Å². The second kappa shape index (κ2) is 4.49. The summed E-state index contributed by atoms with van der Waals surface area (Å²) in [5.41, 5.74) is 4.20. The molecule has 3 nitrogen and oxygen atoms in total. The van der Waals surface area contributed by atoms with Crippen molar-refractivity contribution in [1.29, 1.82) is 0 Å². The van der Waals surface area contributed by atoms with Crippen molar-refractivity contribution >= 4 is 0 Å². The van der Waals surface area contributed by atoms with Crippen molar-refractivity contribution in [2.45, 2.75) is 20.0 Å². The van der Waals surface area contributed by atoms with Crippen molar-refractivity contribution in [3.8, 4) is 11.3 Å². The first-order chi connectivity index (χ1) is 7.74. The van der Waals surface area contributed by atoms with E-state index in [1.165, 1.54) is 5.56 Å². The predicted molar refractivity (Wildman–Crippen MR) is 63.9 cm³/mol. The Kier molecular flexibility index (Phi) is 3.06. The van der Waals surface area contributed by atoms with Crippen LogP contribution in [-0.4, -0.2) is 14.9 Å². The zero-order valence-electron chi connectivity index (χ0n) is 9.64. The third-order valence-corrected chi connectivity index (χ3v) is 2.75. The molecule has 0 saturated heterocycles. The molecule has 0 aliphatic carbocycles. The van der Waals surface area contributed by atoms with Crippen molar-refractivity contribution in [3.05, 3.63) is 41.6 Å². The fraction of sp³-hybridized carbons (Fsp3) is 0.308. The zero-order chi connectivity index (χ0) is 11.5. The molecular formula is C13H16N2O. The first kappa shape index (κ1) is 10.9. The number of aliphatic hydroxyl groups excluding tert-OH is 1. The molecule has 1 aromatic carbocycles. The highest BCUT2D eigenvalue weighted by atomic mass is 16.3. The van der Waals surface area contributed by atoms with E-state index in [1.54, 1.807) is 4.68 Å². The second-order valence-corrected chi connectivity index (χ2v) is 3.85. The molecule has 0 amide bonds. The van der Waals surface area contributed by atoms with Gasteiger partial charge in [-0.1, -0.05) is 31.2 Å². The molecule has 84 valence electrons. The van der Waals surface area contributed by atoms with Crippen LogP contribution in [0.2, 0.25) is 0 Å². The lowest BCUT2D eigenvalue weighted by Crippen LogP contribution is -1.94. The van der Waals surface area contributed by atoms with E-state index in [0.717, 1.165) is 17.7 Å². The maximum absolute atomic E-state index is 9.03. The molecule has 16 heavy (non-hydrogen) atoms. The Morgan fingerprint density at radius 2 is 1.94 bits per heavy atom. The van der Waals surface area contributed by atoms with Crippen LogP contribution < -0.4 is 0 Å². The molecule has 0 fully saturated rings. The van der Waals surface area contributed by atoms with Crippen LogP contribution in [0.15, 0.2) is 30.3 Å². The van der Waals surface area contributed by atoms with E-state index in [1.807, 2.05) is 13.1 Å². The summed E-state index contributed by atoms with van der Waals surface area (Å²) in [6.45, 7) is 2.13. The Balaban J connectivity index is 2.38. The van der Waals surface area contributed by atoms with Crippen LogP contribution in [0, 0.1) is 0 Å². The lowest BCUT2D eigenvalue weighted by atomic mass is 10.1. The molecule has 3 heteroatoms. The molecule has 0 bridgehead atoms. The molecule has 0 unspecified atom stereocenters. The fourth-order valence-electron chi connectivity index (χ4n) is 1.79. The number of hydrogen-bond acceptors (Lipinski definition) is 2. The Morgan fingerprint density at radius 3 is 2.44 bits per heavy atom. The summed E-state index contributed by atoms with van der Waals surface area (Å²) < 4.78 is 1.80. The van der Waals surface area contributed by atoms with Gasteiger partial charge in [0.05, 0.1) is 18.0 Å². The van der Waals surface area contributed by atoms with E-state index in [2.05, 4.69) is 36.3 Å². The van der Waals surface area contributed by atoms with E-state index in [0.29, 0.717) is 5.69 Å². The normalized spacial score (nSPS) is 10.7. The topological polar surface area (TPSA) is 38.1 Å².